The van der Waals surface area contributed by atoms with Crippen molar-refractivity contribution in [3.63, 3.8) is 0 Å². The van der Waals surface area contributed by atoms with Crippen molar-refractivity contribution in [2.45, 2.75) is 38.8 Å². The molecule has 3 atom stereocenters. The van der Waals surface area contributed by atoms with Crippen LogP contribution < -0.4 is 5.32 Å². The van der Waals surface area contributed by atoms with Gasteiger partial charge in [-0.3, -0.25) is 5.32 Å². The number of rotatable bonds is 7. The van der Waals surface area contributed by atoms with Gasteiger partial charge in [-0.25, -0.2) is 9.59 Å². The molecule has 0 aromatic heterocycles. The molecule has 1 saturated heterocycles. The fourth-order valence-corrected chi connectivity index (χ4v) is 3.68. The summed E-state index contributed by atoms with van der Waals surface area (Å²) in [5, 5.41) is 3.11. The molecule has 6 heteroatoms. The van der Waals surface area contributed by atoms with Gasteiger partial charge in [0.1, 0.15) is 6.29 Å². The van der Waals surface area contributed by atoms with Gasteiger partial charge in [0.05, 0.1) is 13.2 Å². The van der Waals surface area contributed by atoms with Crippen molar-refractivity contribution >= 4 is 18.2 Å². The first-order valence-corrected chi connectivity index (χ1v) is 8.69. The van der Waals surface area contributed by atoms with Crippen LogP contribution in [0, 0.1) is 11.8 Å². The zero-order valence-electron chi connectivity index (χ0n) is 14.9. The SMILES string of the molecule is CCOC(=O)C1(C(=O)OCC)N[C@H](c2ccccc2)[C@H](C=O)[C@H]1CC. The van der Waals surface area contributed by atoms with E-state index in [0.29, 0.717) is 6.42 Å². The standard InChI is InChI=1S/C19H25NO5/c1-4-15-14(12-21)16(13-10-8-7-9-11-13)20-19(15,17(22)24-5-2)18(23)25-6-3/h7-12,14-16,20H,4-6H2,1-3H3/t14-,15-,16-/m1/s1. The Balaban J connectivity index is 2.54. The van der Waals surface area contributed by atoms with Crippen LogP contribution in [0.25, 0.3) is 0 Å². The number of benzene rings is 1. The zero-order chi connectivity index (χ0) is 18.4. The molecule has 6 nitrogen and oxygen atoms in total. The second-order valence-electron chi connectivity index (χ2n) is 6.01. The van der Waals surface area contributed by atoms with E-state index in [2.05, 4.69) is 5.32 Å². The quantitative estimate of drug-likeness (QED) is 0.462. The van der Waals surface area contributed by atoms with E-state index in [1.54, 1.807) is 13.8 Å². The van der Waals surface area contributed by atoms with Gasteiger partial charge in [0.25, 0.3) is 0 Å². The molecule has 0 amide bonds. The normalized spacial score (nSPS) is 24.5. The molecule has 0 aliphatic carbocycles. The third-order valence-electron chi connectivity index (χ3n) is 4.74. The molecule has 136 valence electrons. The van der Waals surface area contributed by atoms with E-state index in [1.807, 2.05) is 37.3 Å². The summed E-state index contributed by atoms with van der Waals surface area (Å²) in [6, 6.07) is 8.86. The highest BCUT2D eigenvalue weighted by atomic mass is 16.6. The van der Waals surface area contributed by atoms with Gasteiger partial charge < -0.3 is 14.3 Å². The molecule has 1 heterocycles. The molecular weight excluding hydrogens is 322 g/mol. The predicted octanol–water partition coefficient (Wildman–Crippen LogP) is 2.04. The molecule has 25 heavy (non-hydrogen) atoms. The number of carbonyl (C=O) groups is 3. The Morgan fingerprint density at radius 3 is 2.08 bits per heavy atom. The number of nitrogens with one attached hydrogen (secondary N) is 1. The van der Waals surface area contributed by atoms with Crippen molar-refractivity contribution in [1.82, 2.24) is 5.32 Å². The predicted molar refractivity (Wildman–Crippen MR) is 91.7 cm³/mol. The van der Waals surface area contributed by atoms with Gasteiger partial charge in [0, 0.05) is 17.9 Å². The molecule has 0 bridgehead atoms. The second-order valence-corrected chi connectivity index (χ2v) is 6.01. The first kappa shape index (κ1) is 19.1. The molecule has 0 spiro atoms. The summed E-state index contributed by atoms with van der Waals surface area (Å²) in [5.74, 6) is -2.47. The number of hydrogen-bond acceptors (Lipinski definition) is 6. The van der Waals surface area contributed by atoms with Gasteiger partial charge in [-0.05, 0) is 25.8 Å². The highest BCUT2D eigenvalue weighted by Gasteiger charge is 2.63. The number of esters is 2. The lowest BCUT2D eigenvalue weighted by Crippen LogP contribution is -2.60. The molecule has 1 fully saturated rings. The lowest BCUT2D eigenvalue weighted by atomic mass is 9.76. The topological polar surface area (TPSA) is 81.7 Å². The molecule has 0 radical (unpaired) electrons. The number of ether oxygens (including phenoxy) is 2. The van der Waals surface area contributed by atoms with E-state index >= 15 is 0 Å². The number of carbonyl (C=O) groups excluding carboxylic acids is 3. The summed E-state index contributed by atoms with van der Waals surface area (Å²) in [7, 11) is 0. The van der Waals surface area contributed by atoms with Crippen molar-refractivity contribution in [3.8, 4) is 0 Å². The van der Waals surface area contributed by atoms with Crippen molar-refractivity contribution in [2.24, 2.45) is 11.8 Å². The molecule has 2 rings (SSSR count). The van der Waals surface area contributed by atoms with Crippen LogP contribution in [0.3, 0.4) is 0 Å². The molecule has 1 aromatic carbocycles. The minimum Gasteiger partial charge on any atom is -0.464 e. The van der Waals surface area contributed by atoms with Crippen molar-refractivity contribution in [2.75, 3.05) is 13.2 Å². The Bertz CT molecular complexity index is 598. The summed E-state index contributed by atoms with van der Waals surface area (Å²) >= 11 is 0. The Kier molecular flexibility index (Phi) is 6.31. The Labute approximate surface area is 147 Å². The van der Waals surface area contributed by atoms with E-state index in [-0.39, 0.29) is 13.2 Å². The highest BCUT2D eigenvalue weighted by molar-refractivity contribution is 6.06. The van der Waals surface area contributed by atoms with Gasteiger partial charge >= 0.3 is 11.9 Å². The smallest absolute Gasteiger partial charge is 0.338 e. The van der Waals surface area contributed by atoms with E-state index < -0.39 is 35.4 Å². The van der Waals surface area contributed by atoms with Crippen LogP contribution in [0.5, 0.6) is 0 Å². The van der Waals surface area contributed by atoms with Gasteiger partial charge in [-0.15, -0.1) is 0 Å². The van der Waals surface area contributed by atoms with Gasteiger partial charge in [-0.1, -0.05) is 37.3 Å². The zero-order valence-corrected chi connectivity index (χ0v) is 14.9. The average Bonchev–Trinajstić information content (AvgIpc) is 2.98. The van der Waals surface area contributed by atoms with Gasteiger partial charge in [0.2, 0.25) is 5.54 Å². The average molecular weight is 347 g/mol. The molecule has 0 saturated carbocycles. The summed E-state index contributed by atoms with van der Waals surface area (Å²) < 4.78 is 10.4. The van der Waals surface area contributed by atoms with Crippen LogP contribution in [0.2, 0.25) is 0 Å². The van der Waals surface area contributed by atoms with Crippen molar-refractivity contribution < 1.29 is 23.9 Å². The van der Waals surface area contributed by atoms with E-state index in [4.69, 9.17) is 9.47 Å². The lowest BCUT2D eigenvalue weighted by molar-refractivity contribution is -0.168. The maximum atomic E-state index is 12.8. The third-order valence-corrected chi connectivity index (χ3v) is 4.74. The maximum Gasteiger partial charge on any atom is 0.338 e. The van der Waals surface area contributed by atoms with E-state index in [9.17, 15) is 14.4 Å². The van der Waals surface area contributed by atoms with Crippen LogP contribution in [-0.4, -0.2) is 37.0 Å². The fraction of sp³-hybridized carbons (Fsp3) is 0.526. The third kappa shape index (κ3) is 3.31. The van der Waals surface area contributed by atoms with Crippen molar-refractivity contribution in [1.29, 1.82) is 0 Å². The Hall–Kier alpha value is -2.21. The number of aldehydes is 1. The molecule has 1 aliphatic heterocycles. The van der Waals surface area contributed by atoms with Crippen LogP contribution in [0.4, 0.5) is 0 Å². The molecular formula is C19H25NO5. The van der Waals surface area contributed by atoms with Crippen molar-refractivity contribution in [3.05, 3.63) is 35.9 Å². The van der Waals surface area contributed by atoms with Gasteiger partial charge in [0.15, 0.2) is 0 Å². The first-order valence-electron chi connectivity index (χ1n) is 8.69. The van der Waals surface area contributed by atoms with E-state index in [0.717, 1.165) is 11.8 Å². The first-order chi connectivity index (χ1) is 12.1. The largest absolute Gasteiger partial charge is 0.464 e. The van der Waals surface area contributed by atoms with Gasteiger partial charge in [-0.2, -0.15) is 0 Å². The van der Waals surface area contributed by atoms with Crippen LogP contribution >= 0.6 is 0 Å². The molecule has 1 aromatic rings. The van der Waals surface area contributed by atoms with Crippen LogP contribution in [0.15, 0.2) is 30.3 Å². The minimum atomic E-state index is -1.67. The molecule has 1 N–H and O–H groups in total. The highest BCUT2D eigenvalue weighted by Crippen LogP contribution is 2.45. The molecule has 0 unspecified atom stereocenters. The van der Waals surface area contributed by atoms with Crippen LogP contribution in [0.1, 0.15) is 38.8 Å². The summed E-state index contributed by atoms with van der Waals surface area (Å²) in [6.45, 7) is 5.49. The monoisotopic (exact) mass is 347 g/mol. The van der Waals surface area contributed by atoms with Crippen LogP contribution in [-0.2, 0) is 23.9 Å². The number of hydrogen-bond donors (Lipinski definition) is 1. The Morgan fingerprint density at radius 2 is 1.64 bits per heavy atom. The lowest BCUT2D eigenvalue weighted by Gasteiger charge is -2.31. The van der Waals surface area contributed by atoms with E-state index in [1.165, 1.54) is 0 Å². The second kappa shape index (κ2) is 8.25. The molecule has 1 aliphatic rings. The summed E-state index contributed by atoms with van der Waals surface area (Å²) in [4.78, 5) is 37.4. The maximum absolute atomic E-state index is 12.8. The fourth-order valence-electron chi connectivity index (χ4n) is 3.68. The Morgan fingerprint density at radius 1 is 1.08 bits per heavy atom. The minimum absolute atomic E-state index is 0.139. The summed E-state index contributed by atoms with van der Waals surface area (Å²) in [5.41, 5.74) is -0.833. The summed E-state index contributed by atoms with van der Waals surface area (Å²) in [6.07, 6.45) is 1.27.